The van der Waals surface area contributed by atoms with Crippen LogP contribution in [0, 0.1) is 5.82 Å². The zero-order valence-corrected chi connectivity index (χ0v) is 14.7. The van der Waals surface area contributed by atoms with Crippen molar-refractivity contribution in [2.24, 2.45) is 0 Å². The van der Waals surface area contributed by atoms with Gasteiger partial charge in [0.15, 0.2) is 5.65 Å². The summed E-state index contributed by atoms with van der Waals surface area (Å²) < 4.78 is 16.4. The van der Waals surface area contributed by atoms with Crippen molar-refractivity contribution in [3.63, 3.8) is 0 Å². The number of hydrogen-bond acceptors (Lipinski definition) is 4. The van der Waals surface area contributed by atoms with E-state index in [1.807, 2.05) is 12.1 Å². The second kappa shape index (κ2) is 7.32. The maximum Gasteiger partial charge on any atom is 0.350 e. The quantitative estimate of drug-likeness (QED) is 0.750. The zero-order chi connectivity index (χ0) is 18.8. The Kier molecular flexibility index (Phi) is 4.72. The lowest BCUT2D eigenvalue weighted by atomic mass is 10.0. The number of carbonyl (C=O) groups is 1. The van der Waals surface area contributed by atoms with Crippen LogP contribution in [0.15, 0.2) is 53.5 Å². The van der Waals surface area contributed by atoms with Crippen molar-refractivity contribution in [1.29, 1.82) is 0 Å². The lowest BCUT2D eigenvalue weighted by Crippen LogP contribution is -2.49. The average Bonchev–Trinajstić information content (AvgIpc) is 3.02. The predicted octanol–water partition coefficient (Wildman–Crippen LogP) is 1.20. The third-order valence-corrected chi connectivity index (χ3v) is 4.82. The first-order valence-corrected chi connectivity index (χ1v) is 8.93. The van der Waals surface area contributed by atoms with Gasteiger partial charge in [-0.25, -0.2) is 13.9 Å². The first-order chi connectivity index (χ1) is 13.1. The highest BCUT2D eigenvalue weighted by Crippen LogP contribution is 2.23. The molecule has 4 rings (SSSR count). The van der Waals surface area contributed by atoms with E-state index in [1.54, 1.807) is 29.3 Å². The minimum absolute atomic E-state index is 0.0743. The molecule has 0 radical (unpaired) electrons. The number of nitrogens with one attached hydrogen (secondary N) is 1. The third-order valence-electron chi connectivity index (χ3n) is 4.82. The van der Waals surface area contributed by atoms with Crippen LogP contribution in [0.5, 0.6) is 0 Å². The minimum atomic E-state index is -0.318. The number of halogens is 1. The van der Waals surface area contributed by atoms with E-state index in [-0.39, 0.29) is 36.4 Å². The van der Waals surface area contributed by atoms with Gasteiger partial charge in [-0.2, -0.15) is 0 Å². The second-order valence-corrected chi connectivity index (χ2v) is 6.55. The van der Waals surface area contributed by atoms with Gasteiger partial charge in [0.2, 0.25) is 5.91 Å². The van der Waals surface area contributed by atoms with Gasteiger partial charge < -0.3 is 10.2 Å². The fourth-order valence-corrected chi connectivity index (χ4v) is 3.47. The molecule has 8 heteroatoms. The summed E-state index contributed by atoms with van der Waals surface area (Å²) in [5.41, 5.74) is 1.05. The maximum absolute atomic E-state index is 13.6. The number of pyridine rings is 1. The molecule has 1 N–H and O–H groups in total. The molecular formula is C19H20FN5O2. The summed E-state index contributed by atoms with van der Waals surface area (Å²) >= 11 is 0. The van der Waals surface area contributed by atoms with Gasteiger partial charge in [-0.3, -0.25) is 9.20 Å². The summed E-state index contributed by atoms with van der Waals surface area (Å²) in [4.78, 5) is 26.9. The zero-order valence-electron chi connectivity index (χ0n) is 14.7. The first kappa shape index (κ1) is 17.4. The second-order valence-electron chi connectivity index (χ2n) is 6.55. The van der Waals surface area contributed by atoms with Crippen LogP contribution in [0.1, 0.15) is 18.0 Å². The van der Waals surface area contributed by atoms with Crippen molar-refractivity contribution < 1.29 is 9.18 Å². The number of amides is 1. The van der Waals surface area contributed by atoms with E-state index in [2.05, 4.69) is 10.4 Å². The fourth-order valence-electron chi connectivity index (χ4n) is 3.47. The summed E-state index contributed by atoms with van der Waals surface area (Å²) in [5, 5.41) is 7.50. The molecule has 3 heterocycles. The van der Waals surface area contributed by atoms with Gasteiger partial charge in [0.25, 0.3) is 0 Å². The molecule has 0 aliphatic carbocycles. The largest absolute Gasteiger partial charge is 0.350 e. The average molecular weight is 369 g/mol. The Balaban J connectivity index is 1.50. The Hall–Kier alpha value is -3.00. The Morgan fingerprint density at radius 2 is 2.15 bits per heavy atom. The van der Waals surface area contributed by atoms with Crippen LogP contribution in [-0.4, -0.2) is 44.6 Å². The van der Waals surface area contributed by atoms with Crippen LogP contribution in [-0.2, 0) is 11.3 Å². The monoisotopic (exact) mass is 369 g/mol. The molecule has 1 atom stereocenters. The minimum Gasteiger partial charge on any atom is -0.333 e. The lowest BCUT2D eigenvalue weighted by molar-refractivity contribution is -0.134. The molecule has 27 heavy (non-hydrogen) atoms. The highest BCUT2D eigenvalue weighted by molar-refractivity contribution is 5.76. The first-order valence-electron chi connectivity index (χ1n) is 8.93. The molecule has 1 amide bonds. The van der Waals surface area contributed by atoms with Crippen LogP contribution in [0.4, 0.5) is 4.39 Å². The molecule has 1 fully saturated rings. The van der Waals surface area contributed by atoms with Gasteiger partial charge in [-0.05, 0) is 29.8 Å². The normalized spacial score (nSPS) is 17.4. The smallest absolute Gasteiger partial charge is 0.333 e. The van der Waals surface area contributed by atoms with Crippen LogP contribution >= 0.6 is 0 Å². The van der Waals surface area contributed by atoms with E-state index in [1.165, 1.54) is 21.2 Å². The van der Waals surface area contributed by atoms with Crippen molar-refractivity contribution in [1.82, 2.24) is 24.4 Å². The van der Waals surface area contributed by atoms with E-state index in [9.17, 15) is 14.0 Å². The number of benzene rings is 1. The number of fused-ring (bicyclic) bond motifs is 1. The van der Waals surface area contributed by atoms with Gasteiger partial charge in [-0.15, -0.1) is 5.10 Å². The van der Waals surface area contributed by atoms with Crippen LogP contribution in [0.25, 0.3) is 5.65 Å². The van der Waals surface area contributed by atoms with Crippen LogP contribution in [0.3, 0.4) is 0 Å². The molecular weight excluding hydrogens is 349 g/mol. The summed E-state index contributed by atoms with van der Waals surface area (Å²) in [6.45, 7) is 2.01. The van der Waals surface area contributed by atoms with Crippen LogP contribution in [0.2, 0.25) is 0 Å². The van der Waals surface area contributed by atoms with E-state index >= 15 is 0 Å². The van der Waals surface area contributed by atoms with Crippen LogP contribution < -0.4 is 11.0 Å². The van der Waals surface area contributed by atoms with Gasteiger partial charge >= 0.3 is 5.69 Å². The predicted molar refractivity (Wildman–Crippen MR) is 97.8 cm³/mol. The standard InChI is InChI=1S/C19H20FN5O2/c20-15-5-3-4-14(12-15)16-13-21-8-11-23(16)18(26)7-10-25-19(27)24-9-2-1-6-17(24)22-25/h1-6,9,12,16,21H,7-8,10-11,13H2. The summed E-state index contributed by atoms with van der Waals surface area (Å²) in [6, 6.07) is 11.4. The molecule has 0 saturated carbocycles. The third kappa shape index (κ3) is 3.48. The topological polar surface area (TPSA) is 71.6 Å². The van der Waals surface area contributed by atoms with E-state index in [0.717, 1.165) is 5.56 Å². The SMILES string of the molecule is O=C(CCn1nc2ccccn2c1=O)N1CCNCC1c1cccc(F)c1. The van der Waals surface area contributed by atoms with Gasteiger partial charge in [0.1, 0.15) is 5.82 Å². The number of aromatic nitrogens is 3. The van der Waals surface area contributed by atoms with E-state index < -0.39 is 0 Å². The number of hydrogen-bond donors (Lipinski definition) is 1. The van der Waals surface area contributed by atoms with Crippen molar-refractivity contribution in [2.45, 2.75) is 19.0 Å². The fraction of sp³-hybridized carbons (Fsp3) is 0.316. The van der Waals surface area contributed by atoms with Gasteiger partial charge in [0.05, 0.1) is 12.6 Å². The van der Waals surface area contributed by atoms with E-state index in [4.69, 9.17) is 0 Å². The molecule has 2 aromatic heterocycles. The molecule has 1 unspecified atom stereocenters. The van der Waals surface area contributed by atoms with Gasteiger partial charge in [0, 0.05) is 32.3 Å². The van der Waals surface area contributed by atoms with Gasteiger partial charge in [-0.1, -0.05) is 18.2 Å². The summed E-state index contributed by atoms with van der Waals surface area (Å²) in [7, 11) is 0. The number of aryl methyl sites for hydroxylation is 1. The highest BCUT2D eigenvalue weighted by Gasteiger charge is 2.28. The van der Waals surface area contributed by atoms with Crippen molar-refractivity contribution in [3.8, 4) is 0 Å². The van der Waals surface area contributed by atoms with Crippen molar-refractivity contribution in [3.05, 3.63) is 70.5 Å². The number of nitrogens with zero attached hydrogens (tertiary/aromatic N) is 4. The molecule has 1 aliphatic heterocycles. The maximum atomic E-state index is 13.6. The van der Waals surface area contributed by atoms with E-state index in [0.29, 0.717) is 25.3 Å². The number of piperazine rings is 1. The van der Waals surface area contributed by atoms with Crippen molar-refractivity contribution >= 4 is 11.6 Å². The number of rotatable bonds is 4. The molecule has 140 valence electrons. The Morgan fingerprint density at radius 3 is 2.96 bits per heavy atom. The number of carbonyl (C=O) groups excluding carboxylic acids is 1. The lowest BCUT2D eigenvalue weighted by Gasteiger charge is -2.36. The molecule has 0 spiro atoms. The summed E-state index contributed by atoms with van der Waals surface area (Å²) in [6.07, 6.45) is 1.81. The Morgan fingerprint density at radius 1 is 1.26 bits per heavy atom. The molecule has 1 saturated heterocycles. The molecule has 1 aliphatic rings. The highest BCUT2D eigenvalue weighted by atomic mass is 19.1. The summed E-state index contributed by atoms with van der Waals surface area (Å²) in [5.74, 6) is -0.392. The molecule has 3 aromatic rings. The molecule has 0 bridgehead atoms. The Labute approximate surface area is 155 Å². The molecule has 7 nitrogen and oxygen atoms in total. The Bertz CT molecular complexity index is 1030. The molecule has 1 aromatic carbocycles. The van der Waals surface area contributed by atoms with Crippen molar-refractivity contribution in [2.75, 3.05) is 19.6 Å².